The first-order chi connectivity index (χ1) is 15.3. The average Bonchev–Trinajstić information content (AvgIpc) is 2.75. The highest BCUT2D eigenvalue weighted by Crippen LogP contribution is 2.33. The fourth-order valence-corrected chi connectivity index (χ4v) is 4.26. The molecule has 3 rings (SSSR count). The molecule has 1 aliphatic rings. The van der Waals surface area contributed by atoms with Gasteiger partial charge in [0.2, 0.25) is 11.8 Å². The summed E-state index contributed by atoms with van der Waals surface area (Å²) in [5.41, 5.74) is 2.94. The van der Waals surface area contributed by atoms with Gasteiger partial charge >= 0.3 is 0 Å². The van der Waals surface area contributed by atoms with Crippen LogP contribution in [0, 0.1) is 0 Å². The molecule has 7 heteroatoms. The maximum absolute atomic E-state index is 13.5. The molecule has 0 aliphatic carbocycles. The van der Waals surface area contributed by atoms with E-state index in [0.717, 1.165) is 29.7 Å². The van der Waals surface area contributed by atoms with Crippen molar-refractivity contribution in [3.63, 3.8) is 0 Å². The molecule has 0 radical (unpaired) electrons. The molecule has 1 atom stereocenters. The molecule has 5 nitrogen and oxygen atoms in total. The first kappa shape index (κ1) is 24.3. The van der Waals surface area contributed by atoms with Gasteiger partial charge in [0.05, 0.1) is 22.5 Å². The Balaban J connectivity index is 1.83. The highest BCUT2D eigenvalue weighted by atomic mass is 35.5. The minimum atomic E-state index is -0.327. The number of carbonyl (C=O) groups is 2. The number of fused-ring (bicyclic) bond motifs is 1. The Bertz CT molecular complexity index is 1010. The Kier molecular flexibility index (Phi) is 8.35. The van der Waals surface area contributed by atoms with E-state index in [2.05, 4.69) is 4.90 Å². The van der Waals surface area contributed by atoms with Crippen molar-refractivity contribution in [1.29, 1.82) is 0 Å². The second kappa shape index (κ2) is 11.0. The molecule has 0 bridgehead atoms. The van der Waals surface area contributed by atoms with Crippen LogP contribution in [0.2, 0.25) is 10.0 Å². The molecule has 0 N–H and O–H groups in total. The molecule has 2 aromatic carbocycles. The topological polar surface area (TPSA) is 43.9 Å². The molecule has 2 aromatic rings. The smallest absolute Gasteiger partial charge is 0.225 e. The predicted molar refractivity (Wildman–Crippen MR) is 130 cm³/mol. The van der Waals surface area contributed by atoms with Gasteiger partial charge in [-0.05, 0) is 62.0 Å². The Morgan fingerprint density at radius 3 is 2.47 bits per heavy atom. The van der Waals surface area contributed by atoms with E-state index in [1.54, 1.807) is 23.2 Å². The lowest BCUT2D eigenvalue weighted by atomic mass is 9.93. The van der Waals surface area contributed by atoms with Crippen molar-refractivity contribution in [3.05, 3.63) is 75.4 Å². The standard InChI is InChI=1S/C25H29Cl2N3O2/c1-18(31)30-14-11-20-7-4-5-8-21(20)24(30)16-25(32)29(13-6-12-28(2)3)17-19-9-10-22(26)23(27)15-19/h4-5,7-11,14-15,24H,6,12-13,16-17H2,1-3H3. The van der Waals surface area contributed by atoms with Gasteiger partial charge in [-0.15, -0.1) is 0 Å². The molecule has 1 aliphatic heterocycles. The summed E-state index contributed by atoms with van der Waals surface area (Å²) in [6.45, 7) is 3.45. The number of carbonyl (C=O) groups excluding carboxylic acids is 2. The van der Waals surface area contributed by atoms with E-state index in [-0.39, 0.29) is 24.3 Å². The van der Waals surface area contributed by atoms with Gasteiger partial charge in [0, 0.05) is 26.2 Å². The van der Waals surface area contributed by atoms with E-state index in [9.17, 15) is 9.59 Å². The highest BCUT2D eigenvalue weighted by Gasteiger charge is 2.30. The molecular formula is C25H29Cl2N3O2. The van der Waals surface area contributed by atoms with Gasteiger partial charge in [0.1, 0.15) is 0 Å². The highest BCUT2D eigenvalue weighted by molar-refractivity contribution is 6.42. The first-order valence-electron chi connectivity index (χ1n) is 10.7. The van der Waals surface area contributed by atoms with Crippen LogP contribution >= 0.6 is 23.2 Å². The zero-order valence-corrected chi connectivity index (χ0v) is 20.2. The molecule has 1 heterocycles. The zero-order valence-electron chi connectivity index (χ0n) is 18.7. The monoisotopic (exact) mass is 473 g/mol. The van der Waals surface area contributed by atoms with Crippen molar-refractivity contribution in [1.82, 2.24) is 14.7 Å². The van der Waals surface area contributed by atoms with Crippen LogP contribution in [-0.4, -0.2) is 53.7 Å². The molecular weight excluding hydrogens is 445 g/mol. The van der Waals surface area contributed by atoms with Crippen LogP contribution in [0.5, 0.6) is 0 Å². The quantitative estimate of drug-likeness (QED) is 0.526. The van der Waals surface area contributed by atoms with Crippen LogP contribution in [0.15, 0.2) is 48.7 Å². The van der Waals surface area contributed by atoms with Gasteiger partial charge in [-0.1, -0.05) is 53.5 Å². The Labute approximate surface area is 200 Å². The third-order valence-corrected chi connectivity index (χ3v) is 6.32. The van der Waals surface area contributed by atoms with Crippen molar-refractivity contribution in [2.24, 2.45) is 0 Å². The summed E-state index contributed by atoms with van der Waals surface area (Å²) in [4.78, 5) is 31.4. The third-order valence-electron chi connectivity index (χ3n) is 5.58. The van der Waals surface area contributed by atoms with Crippen LogP contribution in [0.25, 0.3) is 6.08 Å². The van der Waals surface area contributed by atoms with E-state index >= 15 is 0 Å². The predicted octanol–water partition coefficient (Wildman–Crippen LogP) is 5.24. The molecule has 0 spiro atoms. The van der Waals surface area contributed by atoms with Gasteiger partial charge < -0.3 is 14.7 Å². The summed E-state index contributed by atoms with van der Waals surface area (Å²) in [6, 6.07) is 13.0. The maximum atomic E-state index is 13.5. The lowest BCUT2D eigenvalue weighted by molar-refractivity contribution is -0.135. The number of rotatable bonds is 8. The molecule has 0 fully saturated rings. The van der Waals surface area contributed by atoms with E-state index in [0.29, 0.717) is 23.1 Å². The van der Waals surface area contributed by atoms with E-state index < -0.39 is 0 Å². The van der Waals surface area contributed by atoms with Gasteiger partial charge in [0.15, 0.2) is 0 Å². The Morgan fingerprint density at radius 2 is 1.78 bits per heavy atom. The number of benzene rings is 2. The fourth-order valence-electron chi connectivity index (χ4n) is 3.94. The van der Waals surface area contributed by atoms with Gasteiger partial charge in [-0.25, -0.2) is 0 Å². The molecule has 0 saturated heterocycles. The molecule has 32 heavy (non-hydrogen) atoms. The summed E-state index contributed by atoms with van der Waals surface area (Å²) in [5.74, 6) is -0.0895. The van der Waals surface area contributed by atoms with Crippen LogP contribution in [0.1, 0.15) is 42.5 Å². The molecule has 0 aromatic heterocycles. The SMILES string of the molecule is CC(=O)N1C=Cc2ccccc2C1CC(=O)N(CCCN(C)C)Cc1ccc(Cl)c(Cl)c1. The number of nitrogens with zero attached hydrogens (tertiary/aromatic N) is 3. The van der Waals surface area contributed by atoms with Crippen molar-refractivity contribution in [3.8, 4) is 0 Å². The molecule has 170 valence electrons. The maximum Gasteiger partial charge on any atom is 0.225 e. The van der Waals surface area contributed by atoms with Crippen LogP contribution < -0.4 is 0 Å². The molecule has 2 amide bonds. The fraction of sp³-hybridized carbons (Fsp3) is 0.360. The summed E-state index contributed by atoms with van der Waals surface area (Å²) in [7, 11) is 4.03. The van der Waals surface area contributed by atoms with Crippen LogP contribution in [0.3, 0.4) is 0 Å². The van der Waals surface area contributed by atoms with Crippen LogP contribution in [0.4, 0.5) is 0 Å². The summed E-state index contributed by atoms with van der Waals surface area (Å²) < 4.78 is 0. The molecule has 0 saturated carbocycles. The summed E-state index contributed by atoms with van der Waals surface area (Å²) in [5, 5.41) is 0.961. The van der Waals surface area contributed by atoms with E-state index in [1.165, 1.54) is 6.92 Å². The van der Waals surface area contributed by atoms with Gasteiger partial charge in [-0.2, -0.15) is 0 Å². The van der Waals surface area contributed by atoms with Crippen molar-refractivity contribution >= 4 is 41.1 Å². The first-order valence-corrected chi connectivity index (χ1v) is 11.4. The van der Waals surface area contributed by atoms with Crippen molar-refractivity contribution < 1.29 is 9.59 Å². The normalized spacial score (nSPS) is 15.1. The average molecular weight is 474 g/mol. The summed E-state index contributed by atoms with van der Waals surface area (Å²) >= 11 is 12.3. The van der Waals surface area contributed by atoms with Crippen molar-refractivity contribution in [2.75, 3.05) is 27.2 Å². The zero-order chi connectivity index (χ0) is 23.3. The lowest BCUT2D eigenvalue weighted by Gasteiger charge is -2.34. The number of hydrogen-bond donors (Lipinski definition) is 0. The second-order valence-corrected chi connectivity index (χ2v) is 9.13. The largest absolute Gasteiger partial charge is 0.338 e. The Morgan fingerprint density at radius 1 is 1.03 bits per heavy atom. The van der Waals surface area contributed by atoms with Gasteiger partial charge in [0.25, 0.3) is 0 Å². The third kappa shape index (κ3) is 6.12. The molecule has 1 unspecified atom stereocenters. The van der Waals surface area contributed by atoms with Crippen LogP contribution in [-0.2, 0) is 16.1 Å². The number of hydrogen-bond acceptors (Lipinski definition) is 3. The number of halogens is 2. The lowest BCUT2D eigenvalue weighted by Crippen LogP contribution is -2.38. The van der Waals surface area contributed by atoms with Gasteiger partial charge in [-0.3, -0.25) is 9.59 Å². The minimum absolute atomic E-state index is 0.00354. The number of amides is 2. The minimum Gasteiger partial charge on any atom is -0.338 e. The summed E-state index contributed by atoms with van der Waals surface area (Å²) in [6.07, 6.45) is 4.75. The van der Waals surface area contributed by atoms with E-state index in [4.69, 9.17) is 23.2 Å². The Hall–Kier alpha value is -2.34. The second-order valence-electron chi connectivity index (χ2n) is 8.31. The van der Waals surface area contributed by atoms with E-state index in [1.807, 2.05) is 55.4 Å². The van der Waals surface area contributed by atoms with Crippen molar-refractivity contribution in [2.45, 2.75) is 32.4 Å².